The minimum absolute atomic E-state index is 0.120. The first-order valence-corrected chi connectivity index (χ1v) is 8.83. The van der Waals surface area contributed by atoms with Gasteiger partial charge in [0.2, 0.25) is 0 Å². The number of ether oxygens (including phenoxy) is 1. The molecule has 3 heteroatoms. The number of furan rings is 1. The number of ketones is 1. The van der Waals surface area contributed by atoms with Gasteiger partial charge in [0.25, 0.3) is 0 Å². The summed E-state index contributed by atoms with van der Waals surface area (Å²) in [6.07, 6.45) is 16.1. The van der Waals surface area contributed by atoms with Crippen molar-refractivity contribution in [2.75, 3.05) is 6.61 Å². The van der Waals surface area contributed by atoms with Crippen molar-refractivity contribution in [1.29, 1.82) is 0 Å². The molecule has 3 nitrogen and oxygen atoms in total. The van der Waals surface area contributed by atoms with Gasteiger partial charge in [-0.25, -0.2) is 0 Å². The van der Waals surface area contributed by atoms with E-state index in [4.69, 9.17) is 9.15 Å². The Labute approximate surface area is 142 Å². The number of rotatable bonds is 3. The Hall–Kier alpha value is -2.29. The fraction of sp³-hybridized carbons (Fsp3) is 0.381. The van der Waals surface area contributed by atoms with Crippen LogP contribution >= 0.6 is 0 Å². The van der Waals surface area contributed by atoms with Crippen LogP contribution in [0.3, 0.4) is 0 Å². The van der Waals surface area contributed by atoms with Gasteiger partial charge in [0, 0.05) is 17.4 Å². The van der Waals surface area contributed by atoms with Gasteiger partial charge in [0.15, 0.2) is 17.1 Å². The molecule has 1 heterocycles. The number of hydrogen-bond donors (Lipinski definition) is 0. The highest BCUT2D eigenvalue weighted by molar-refractivity contribution is 6.01. The van der Waals surface area contributed by atoms with Crippen LogP contribution in [0.2, 0.25) is 0 Å². The van der Waals surface area contributed by atoms with Crippen LogP contribution in [-0.2, 0) is 11.2 Å². The summed E-state index contributed by atoms with van der Waals surface area (Å²) in [6, 6.07) is 4.03. The number of carbonyl (C=O) groups is 1. The summed E-state index contributed by atoms with van der Waals surface area (Å²) in [4.78, 5) is 11.9. The lowest BCUT2D eigenvalue weighted by atomic mass is 9.93. The quantitative estimate of drug-likeness (QED) is 0.739. The van der Waals surface area contributed by atoms with Crippen LogP contribution in [-0.4, -0.2) is 12.4 Å². The standard InChI is InChI=1S/C21H22O3/c22-18-9-8-16-12-17-10-11-23-20(17)21(19(16)13-18)24-14-15-6-4-2-1-3-5-7-15/h1-2,8-12,15H,3-7,13-14H2/b2-1-. The number of hydrogen-bond acceptors (Lipinski definition) is 3. The fourth-order valence-electron chi connectivity index (χ4n) is 3.64. The zero-order chi connectivity index (χ0) is 16.4. The third-order valence-corrected chi connectivity index (χ3v) is 4.99. The van der Waals surface area contributed by atoms with Gasteiger partial charge < -0.3 is 9.15 Å². The molecule has 4 rings (SSSR count). The second-order valence-electron chi connectivity index (χ2n) is 6.75. The maximum absolute atomic E-state index is 11.9. The molecule has 0 aliphatic heterocycles. The summed E-state index contributed by atoms with van der Waals surface area (Å²) in [6.45, 7) is 0.692. The molecule has 1 unspecified atom stereocenters. The summed E-state index contributed by atoms with van der Waals surface area (Å²) in [5.74, 6) is 1.45. The molecule has 0 radical (unpaired) electrons. The molecule has 0 bridgehead atoms. The van der Waals surface area contributed by atoms with E-state index in [2.05, 4.69) is 18.2 Å². The topological polar surface area (TPSA) is 39.4 Å². The van der Waals surface area contributed by atoms with E-state index in [0.29, 0.717) is 18.9 Å². The Kier molecular flexibility index (Phi) is 4.24. The Bertz CT molecular complexity index is 810. The lowest BCUT2D eigenvalue weighted by molar-refractivity contribution is -0.114. The van der Waals surface area contributed by atoms with Gasteiger partial charge in [-0.05, 0) is 61.8 Å². The fourth-order valence-corrected chi connectivity index (χ4v) is 3.64. The van der Waals surface area contributed by atoms with E-state index in [1.54, 1.807) is 12.3 Å². The van der Waals surface area contributed by atoms with E-state index < -0.39 is 0 Å². The molecule has 0 amide bonds. The molecule has 0 saturated heterocycles. The van der Waals surface area contributed by atoms with E-state index >= 15 is 0 Å². The highest BCUT2D eigenvalue weighted by Gasteiger charge is 2.21. The molecule has 24 heavy (non-hydrogen) atoms. The first-order chi connectivity index (χ1) is 11.8. The molecule has 1 aromatic heterocycles. The Morgan fingerprint density at radius 1 is 1.17 bits per heavy atom. The molecule has 1 aromatic carbocycles. The molecule has 0 spiro atoms. The maximum Gasteiger partial charge on any atom is 0.176 e. The minimum Gasteiger partial charge on any atom is -0.489 e. The second kappa shape index (κ2) is 6.68. The summed E-state index contributed by atoms with van der Waals surface area (Å²) in [5.41, 5.74) is 2.80. The van der Waals surface area contributed by atoms with Crippen molar-refractivity contribution >= 4 is 22.8 Å². The lowest BCUT2D eigenvalue weighted by Crippen LogP contribution is -2.15. The van der Waals surface area contributed by atoms with Crippen LogP contribution in [0, 0.1) is 5.92 Å². The third-order valence-electron chi connectivity index (χ3n) is 4.99. The normalized spacial score (nSPS) is 22.0. The number of fused-ring (bicyclic) bond motifs is 2. The summed E-state index contributed by atoms with van der Waals surface area (Å²) >= 11 is 0. The van der Waals surface area contributed by atoms with Crippen LogP contribution < -0.4 is 4.74 Å². The molecule has 0 fully saturated rings. The molecule has 124 valence electrons. The van der Waals surface area contributed by atoms with Crippen molar-refractivity contribution in [2.45, 2.75) is 38.5 Å². The second-order valence-corrected chi connectivity index (χ2v) is 6.75. The lowest BCUT2D eigenvalue weighted by Gasteiger charge is -2.21. The largest absolute Gasteiger partial charge is 0.489 e. The highest BCUT2D eigenvalue weighted by Crippen LogP contribution is 2.37. The van der Waals surface area contributed by atoms with E-state index in [1.165, 1.54) is 19.3 Å². The Morgan fingerprint density at radius 3 is 3.04 bits per heavy atom. The van der Waals surface area contributed by atoms with E-state index in [-0.39, 0.29) is 5.78 Å². The molecule has 2 aromatic rings. The number of carbonyl (C=O) groups excluding carboxylic acids is 1. The minimum atomic E-state index is 0.120. The van der Waals surface area contributed by atoms with Crippen LogP contribution in [0.4, 0.5) is 0 Å². The number of benzene rings is 1. The van der Waals surface area contributed by atoms with Crippen molar-refractivity contribution in [1.82, 2.24) is 0 Å². The summed E-state index contributed by atoms with van der Waals surface area (Å²) in [5, 5.41) is 1.03. The van der Waals surface area contributed by atoms with Crippen LogP contribution in [0.5, 0.6) is 5.75 Å². The van der Waals surface area contributed by atoms with Crippen molar-refractivity contribution in [2.24, 2.45) is 5.92 Å². The number of allylic oxidation sites excluding steroid dienone is 3. The third kappa shape index (κ3) is 3.03. The molecule has 0 N–H and O–H groups in total. The van der Waals surface area contributed by atoms with Gasteiger partial charge >= 0.3 is 0 Å². The van der Waals surface area contributed by atoms with Gasteiger partial charge in [0.05, 0.1) is 12.9 Å². The molecular weight excluding hydrogens is 300 g/mol. The van der Waals surface area contributed by atoms with Crippen molar-refractivity contribution < 1.29 is 13.9 Å². The molecule has 0 saturated carbocycles. The maximum atomic E-state index is 11.9. The van der Waals surface area contributed by atoms with E-state index in [0.717, 1.165) is 40.7 Å². The highest BCUT2D eigenvalue weighted by atomic mass is 16.5. The average molecular weight is 322 g/mol. The van der Waals surface area contributed by atoms with Gasteiger partial charge in [-0.1, -0.05) is 18.2 Å². The van der Waals surface area contributed by atoms with E-state index in [9.17, 15) is 4.79 Å². The molecule has 2 aliphatic rings. The molecule has 1 atom stereocenters. The van der Waals surface area contributed by atoms with Crippen molar-refractivity contribution in [3.8, 4) is 5.75 Å². The van der Waals surface area contributed by atoms with Gasteiger partial charge in [-0.2, -0.15) is 0 Å². The average Bonchev–Trinajstić information content (AvgIpc) is 3.01. The van der Waals surface area contributed by atoms with E-state index in [1.807, 2.05) is 12.1 Å². The zero-order valence-electron chi connectivity index (χ0n) is 13.8. The van der Waals surface area contributed by atoms with Crippen LogP contribution in [0.15, 0.2) is 41.0 Å². The Morgan fingerprint density at radius 2 is 2.08 bits per heavy atom. The summed E-state index contributed by atoms with van der Waals surface area (Å²) in [7, 11) is 0. The molecular formula is C21H22O3. The first kappa shape index (κ1) is 15.3. The zero-order valence-corrected chi connectivity index (χ0v) is 13.8. The van der Waals surface area contributed by atoms with Gasteiger partial charge in [-0.3, -0.25) is 4.79 Å². The smallest absolute Gasteiger partial charge is 0.176 e. The van der Waals surface area contributed by atoms with Crippen LogP contribution in [0.1, 0.15) is 43.2 Å². The van der Waals surface area contributed by atoms with Crippen molar-refractivity contribution in [3.63, 3.8) is 0 Å². The predicted molar refractivity (Wildman–Crippen MR) is 95.2 cm³/mol. The Balaban J connectivity index is 1.62. The summed E-state index contributed by atoms with van der Waals surface area (Å²) < 4.78 is 11.9. The van der Waals surface area contributed by atoms with Crippen molar-refractivity contribution in [3.05, 3.63) is 47.8 Å². The van der Waals surface area contributed by atoms with Crippen LogP contribution in [0.25, 0.3) is 17.0 Å². The van der Waals surface area contributed by atoms with Gasteiger partial charge in [0.1, 0.15) is 0 Å². The molecule has 2 aliphatic carbocycles. The predicted octanol–water partition coefficient (Wildman–Crippen LogP) is 5.09. The van der Waals surface area contributed by atoms with Gasteiger partial charge in [-0.15, -0.1) is 0 Å². The first-order valence-electron chi connectivity index (χ1n) is 8.83. The monoisotopic (exact) mass is 322 g/mol. The SMILES string of the molecule is O=C1C=Cc2cc3ccoc3c(OCC3CC/C=C\CCC3)c2C1.